The lowest BCUT2D eigenvalue weighted by molar-refractivity contribution is -0.121. The summed E-state index contributed by atoms with van der Waals surface area (Å²) in [5, 5.41) is 3.17. The highest BCUT2D eigenvalue weighted by Gasteiger charge is 2.08. The highest BCUT2D eigenvalue weighted by Crippen LogP contribution is 2.10. The number of carbonyl (C=O) groups excluding carboxylic acids is 3. The van der Waals surface area contributed by atoms with Gasteiger partial charge in [0.05, 0.1) is 6.42 Å². The Hall–Kier alpha value is -2.86. The van der Waals surface area contributed by atoms with Crippen molar-refractivity contribution >= 4 is 35.0 Å². The number of carbonyl (C=O) groups is 3. The van der Waals surface area contributed by atoms with Crippen LogP contribution in [0.15, 0.2) is 48.5 Å². The van der Waals surface area contributed by atoms with Crippen LogP contribution in [0.3, 0.4) is 0 Å². The molecule has 0 spiro atoms. The summed E-state index contributed by atoms with van der Waals surface area (Å²) in [6.07, 6.45) is 0.0985. The maximum atomic E-state index is 11.9. The van der Waals surface area contributed by atoms with E-state index in [1.54, 1.807) is 48.5 Å². The molecule has 0 saturated heterocycles. The molecule has 0 saturated carbocycles. The molecule has 6 nitrogen and oxygen atoms in total. The summed E-state index contributed by atoms with van der Waals surface area (Å²) in [6, 6.07) is 13.2. The quantitative estimate of drug-likeness (QED) is 0.743. The topological polar surface area (TPSA) is 87.3 Å². The summed E-state index contributed by atoms with van der Waals surface area (Å²) in [5.41, 5.74) is 6.48. The van der Waals surface area contributed by atoms with Crippen molar-refractivity contribution in [2.75, 3.05) is 5.32 Å². The monoisotopic (exact) mass is 345 g/mol. The molecule has 0 heterocycles. The zero-order valence-electron chi connectivity index (χ0n) is 12.9. The van der Waals surface area contributed by atoms with Crippen LogP contribution < -0.4 is 16.2 Å². The molecule has 0 atom stereocenters. The van der Waals surface area contributed by atoms with Crippen LogP contribution in [0.25, 0.3) is 0 Å². The second-order valence-corrected chi connectivity index (χ2v) is 5.50. The molecule has 0 aliphatic rings. The Kier molecular flexibility index (Phi) is 5.92. The van der Waals surface area contributed by atoms with Gasteiger partial charge in [-0.3, -0.25) is 25.2 Å². The van der Waals surface area contributed by atoms with Gasteiger partial charge >= 0.3 is 0 Å². The Labute approximate surface area is 144 Å². The third-order valence-electron chi connectivity index (χ3n) is 3.06. The zero-order valence-corrected chi connectivity index (χ0v) is 13.7. The van der Waals surface area contributed by atoms with E-state index < -0.39 is 5.91 Å². The third-order valence-corrected chi connectivity index (χ3v) is 3.31. The number of hydrogen-bond acceptors (Lipinski definition) is 3. The first-order chi connectivity index (χ1) is 11.4. The number of nitrogens with one attached hydrogen (secondary N) is 3. The fraction of sp³-hybridized carbons (Fsp3) is 0.118. The first kappa shape index (κ1) is 17.5. The molecule has 2 aromatic rings. The molecule has 3 amide bonds. The van der Waals surface area contributed by atoms with E-state index in [9.17, 15) is 14.4 Å². The van der Waals surface area contributed by atoms with Gasteiger partial charge in [-0.15, -0.1) is 0 Å². The van der Waals surface area contributed by atoms with Crippen LogP contribution in [0.2, 0.25) is 5.02 Å². The lowest BCUT2D eigenvalue weighted by atomic mass is 10.1. The molecule has 0 bridgehead atoms. The van der Waals surface area contributed by atoms with Gasteiger partial charge in [0.15, 0.2) is 0 Å². The van der Waals surface area contributed by atoms with Gasteiger partial charge in [-0.25, -0.2) is 0 Å². The Morgan fingerprint density at radius 2 is 1.54 bits per heavy atom. The van der Waals surface area contributed by atoms with Crippen molar-refractivity contribution in [3.8, 4) is 0 Å². The third kappa shape index (κ3) is 5.40. The number of benzene rings is 2. The van der Waals surface area contributed by atoms with Crippen LogP contribution in [0.4, 0.5) is 5.69 Å². The molecule has 7 heteroatoms. The van der Waals surface area contributed by atoms with E-state index in [-0.39, 0.29) is 18.2 Å². The van der Waals surface area contributed by atoms with Gasteiger partial charge in [0.1, 0.15) is 0 Å². The number of rotatable bonds is 4. The van der Waals surface area contributed by atoms with E-state index in [1.807, 2.05) is 0 Å². The lowest BCUT2D eigenvalue weighted by Crippen LogP contribution is -2.42. The van der Waals surface area contributed by atoms with Crippen LogP contribution in [0, 0.1) is 0 Å². The lowest BCUT2D eigenvalue weighted by Gasteiger charge is -2.08. The highest BCUT2D eigenvalue weighted by atomic mass is 35.5. The van der Waals surface area contributed by atoms with E-state index in [4.69, 9.17) is 11.6 Å². The van der Waals surface area contributed by atoms with Gasteiger partial charge in [-0.1, -0.05) is 23.7 Å². The number of hydrogen-bond donors (Lipinski definition) is 3. The van der Waals surface area contributed by atoms with Crippen molar-refractivity contribution in [2.45, 2.75) is 13.3 Å². The molecule has 3 N–H and O–H groups in total. The van der Waals surface area contributed by atoms with Gasteiger partial charge in [0.2, 0.25) is 11.8 Å². The molecule has 0 unspecified atom stereocenters. The second-order valence-electron chi connectivity index (χ2n) is 5.06. The van der Waals surface area contributed by atoms with Crippen LogP contribution in [-0.4, -0.2) is 17.7 Å². The minimum absolute atomic E-state index is 0.0985. The van der Waals surface area contributed by atoms with E-state index in [1.165, 1.54) is 6.92 Å². The summed E-state index contributed by atoms with van der Waals surface area (Å²) >= 11 is 5.75. The smallest absolute Gasteiger partial charge is 0.269 e. The molecule has 0 fully saturated rings. The molecular formula is C17H16ClN3O3. The summed E-state index contributed by atoms with van der Waals surface area (Å²) in [5.74, 6) is -0.948. The number of hydrazine groups is 1. The van der Waals surface area contributed by atoms with Crippen LogP contribution >= 0.6 is 11.6 Å². The fourth-order valence-corrected chi connectivity index (χ4v) is 2.06. The van der Waals surface area contributed by atoms with Gasteiger partial charge < -0.3 is 5.32 Å². The van der Waals surface area contributed by atoms with Gasteiger partial charge in [-0.2, -0.15) is 0 Å². The summed E-state index contributed by atoms with van der Waals surface area (Å²) < 4.78 is 0. The maximum Gasteiger partial charge on any atom is 0.269 e. The predicted molar refractivity (Wildman–Crippen MR) is 91.5 cm³/mol. The van der Waals surface area contributed by atoms with Crippen molar-refractivity contribution in [1.82, 2.24) is 10.9 Å². The second kappa shape index (κ2) is 8.12. The van der Waals surface area contributed by atoms with Crippen molar-refractivity contribution < 1.29 is 14.4 Å². The average Bonchev–Trinajstić information content (AvgIpc) is 2.54. The summed E-state index contributed by atoms with van der Waals surface area (Å²) in [4.78, 5) is 34.6. The highest BCUT2D eigenvalue weighted by molar-refractivity contribution is 6.30. The molecule has 0 radical (unpaired) electrons. The van der Waals surface area contributed by atoms with Crippen molar-refractivity contribution in [3.05, 3.63) is 64.7 Å². The Morgan fingerprint density at radius 1 is 0.917 bits per heavy atom. The standard InChI is InChI=1S/C17H16ClN3O3/c1-11(22)19-15-8-2-12(3-9-15)10-16(23)20-21-17(24)13-4-6-14(18)7-5-13/h2-9H,10H2,1H3,(H,19,22)(H,20,23)(H,21,24). The Bertz CT molecular complexity index is 743. The largest absolute Gasteiger partial charge is 0.326 e. The minimum Gasteiger partial charge on any atom is -0.326 e. The molecule has 0 aliphatic heterocycles. The normalized spacial score (nSPS) is 9.92. The van der Waals surface area contributed by atoms with Crippen molar-refractivity contribution in [2.24, 2.45) is 0 Å². The van der Waals surface area contributed by atoms with E-state index in [0.717, 1.165) is 5.56 Å². The van der Waals surface area contributed by atoms with E-state index in [2.05, 4.69) is 16.2 Å². The number of anilines is 1. The van der Waals surface area contributed by atoms with Gasteiger partial charge in [0.25, 0.3) is 5.91 Å². The number of amides is 3. The summed E-state index contributed by atoms with van der Waals surface area (Å²) in [6.45, 7) is 1.42. The maximum absolute atomic E-state index is 11.9. The first-order valence-electron chi connectivity index (χ1n) is 7.15. The molecule has 124 valence electrons. The Balaban J connectivity index is 1.83. The molecular weight excluding hydrogens is 330 g/mol. The average molecular weight is 346 g/mol. The molecule has 0 aromatic heterocycles. The zero-order chi connectivity index (χ0) is 17.5. The SMILES string of the molecule is CC(=O)Nc1ccc(CC(=O)NNC(=O)c2ccc(Cl)cc2)cc1. The van der Waals surface area contributed by atoms with E-state index in [0.29, 0.717) is 16.3 Å². The Morgan fingerprint density at radius 3 is 2.12 bits per heavy atom. The predicted octanol–water partition coefficient (Wildman–Crippen LogP) is 2.30. The van der Waals surface area contributed by atoms with Gasteiger partial charge in [0, 0.05) is 23.2 Å². The first-order valence-corrected chi connectivity index (χ1v) is 7.53. The van der Waals surface area contributed by atoms with Crippen molar-refractivity contribution in [1.29, 1.82) is 0 Å². The molecule has 0 aliphatic carbocycles. The minimum atomic E-state index is -0.430. The molecule has 2 aromatic carbocycles. The fourth-order valence-electron chi connectivity index (χ4n) is 1.94. The number of halogens is 1. The summed E-state index contributed by atoms with van der Waals surface area (Å²) in [7, 11) is 0. The van der Waals surface area contributed by atoms with Crippen LogP contribution in [-0.2, 0) is 16.0 Å². The van der Waals surface area contributed by atoms with E-state index >= 15 is 0 Å². The van der Waals surface area contributed by atoms with Crippen LogP contribution in [0.1, 0.15) is 22.8 Å². The van der Waals surface area contributed by atoms with Gasteiger partial charge in [-0.05, 0) is 42.0 Å². The van der Waals surface area contributed by atoms with Crippen LogP contribution in [0.5, 0.6) is 0 Å². The van der Waals surface area contributed by atoms with Crippen molar-refractivity contribution in [3.63, 3.8) is 0 Å². The molecule has 2 rings (SSSR count). The molecule has 24 heavy (non-hydrogen) atoms.